The first-order valence-electron chi connectivity index (χ1n) is 7.89. The summed E-state index contributed by atoms with van der Waals surface area (Å²) in [6.45, 7) is 1.95. The Balaban J connectivity index is 1.72. The molecule has 3 rings (SSSR count). The van der Waals surface area contributed by atoms with Crippen molar-refractivity contribution in [2.45, 2.75) is 6.92 Å². The molecule has 0 atom stereocenters. The van der Waals surface area contributed by atoms with E-state index in [0.29, 0.717) is 27.1 Å². The molecule has 0 fully saturated rings. The highest BCUT2D eigenvalue weighted by molar-refractivity contribution is 6.35. The van der Waals surface area contributed by atoms with Crippen LogP contribution in [0.15, 0.2) is 48.8 Å². The van der Waals surface area contributed by atoms with Crippen LogP contribution < -0.4 is 21.9 Å². The van der Waals surface area contributed by atoms with Gasteiger partial charge in [0, 0.05) is 21.3 Å². The number of anilines is 4. The van der Waals surface area contributed by atoms with Gasteiger partial charge in [-0.05, 0) is 37.3 Å². The highest BCUT2D eigenvalue weighted by Gasteiger charge is 2.11. The fourth-order valence-electron chi connectivity index (χ4n) is 2.25. The Morgan fingerprint density at radius 1 is 1.00 bits per heavy atom. The molecule has 5 N–H and O–H groups in total. The van der Waals surface area contributed by atoms with E-state index in [9.17, 15) is 4.79 Å². The molecule has 138 valence electrons. The lowest BCUT2D eigenvalue weighted by Crippen LogP contribution is -2.30. The predicted octanol–water partition coefficient (Wildman–Crippen LogP) is 4.17. The highest BCUT2D eigenvalue weighted by atomic mass is 35.5. The monoisotopic (exact) mass is 402 g/mol. The number of hydrazine groups is 1. The molecule has 27 heavy (non-hydrogen) atoms. The van der Waals surface area contributed by atoms with Gasteiger partial charge in [-0.25, -0.2) is 9.97 Å². The van der Waals surface area contributed by atoms with Gasteiger partial charge in [0.1, 0.15) is 12.0 Å². The minimum absolute atomic E-state index is 0.220. The van der Waals surface area contributed by atoms with Crippen molar-refractivity contribution >= 4 is 52.1 Å². The third-order valence-electron chi connectivity index (χ3n) is 3.62. The number of carbonyl (C=O) groups is 1. The van der Waals surface area contributed by atoms with Gasteiger partial charge in [0.25, 0.3) is 5.91 Å². The van der Waals surface area contributed by atoms with Crippen LogP contribution in [0.25, 0.3) is 0 Å². The summed E-state index contributed by atoms with van der Waals surface area (Å²) in [6.07, 6.45) is 1.31. The Hall–Kier alpha value is -3.03. The van der Waals surface area contributed by atoms with Crippen LogP contribution >= 0.6 is 23.2 Å². The Labute approximate surface area is 165 Å². The second-order valence-corrected chi connectivity index (χ2v) is 6.59. The van der Waals surface area contributed by atoms with Gasteiger partial charge in [0.2, 0.25) is 0 Å². The summed E-state index contributed by atoms with van der Waals surface area (Å²) >= 11 is 12.0. The molecule has 1 aromatic heterocycles. The van der Waals surface area contributed by atoms with E-state index in [4.69, 9.17) is 28.9 Å². The molecule has 0 unspecified atom stereocenters. The van der Waals surface area contributed by atoms with E-state index >= 15 is 0 Å². The number of carbonyl (C=O) groups excluding carboxylic acids is 1. The van der Waals surface area contributed by atoms with Gasteiger partial charge in [0.15, 0.2) is 11.6 Å². The van der Waals surface area contributed by atoms with Crippen molar-refractivity contribution in [1.82, 2.24) is 15.4 Å². The number of hydrogen-bond acceptors (Lipinski definition) is 6. The molecular formula is C18H16Cl2N6O. The molecular weight excluding hydrogens is 387 g/mol. The van der Waals surface area contributed by atoms with Crippen LogP contribution in [0.3, 0.4) is 0 Å². The van der Waals surface area contributed by atoms with Crippen LogP contribution in [0.5, 0.6) is 0 Å². The number of nitrogen functional groups attached to an aromatic ring is 1. The number of amides is 1. The van der Waals surface area contributed by atoms with Gasteiger partial charge in [0.05, 0.1) is 0 Å². The number of aryl methyl sites for hydroxylation is 1. The summed E-state index contributed by atoms with van der Waals surface area (Å²) in [7, 11) is 0. The molecule has 1 amide bonds. The number of benzene rings is 2. The lowest BCUT2D eigenvalue weighted by atomic mass is 10.1. The van der Waals surface area contributed by atoms with Crippen molar-refractivity contribution in [3.05, 3.63) is 70.0 Å². The van der Waals surface area contributed by atoms with Gasteiger partial charge >= 0.3 is 0 Å². The third-order valence-corrected chi connectivity index (χ3v) is 4.05. The van der Waals surface area contributed by atoms with Crippen LogP contribution in [0, 0.1) is 6.92 Å². The summed E-state index contributed by atoms with van der Waals surface area (Å²) in [6, 6.07) is 12.1. The van der Waals surface area contributed by atoms with Crippen LogP contribution in [-0.4, -0.2) is 15.9 Å². The van der Waals surface area contributed by atoms with Crippen LogP contribution in [0.2, 0.25) is 10.0 Å². The average Bonchev–Trinajstić information content (AvgIpc) is 2.62. The molecule has 0 spiro atoms. The highest BCUT2D eigenvalue weighted by Crippen LogP contribution is 2.28. The standard InChI is InChI=1S/C18H16Cl2N6O/c1-10-2-4-11(5-3-10)18(27)26-25-17-15(21)16(22-9-23-17)24-14-7-12(19)6-13(20)8-14/h2-9H,21H2,1H3,(H,26,27)(H2,22,23,24,25). The van der Waals surface area contributed by atoms with Crippen molar-refractivity contribution in [2.24, 2.45) is 0 Å². The zero-order valence-corrected chi connectivity index (χ0v) is 15.8. The van der Waals surface area contributed by atoms with Gasteiger partial charge in [-0.3, -0.25) is 15.6 Å². The van der Waals surface area contributed by atoms with Crippen molar-refractivity contribution in [1.29, 1.82) is 0 Å². The van der Waals surface area contributed by atoms with E-state index in [0.717, 1.165) is 5.56 Å². The second kappa shape index (κ2) is 8.11. The zero-order chi connectivity index (χ0) is 19.4. The first kappa shape index (κ1) is 18.8. The molecule has 0 saturated carbocycles. The fraction of sp³-hybridized carbons (Fsp3) is 0.0556. The molecule has 1 heterocycles. The van der Waals surface area contributed by atoms with E-state index in [2.05, 4.69) is 26.1 Å². The maximum absolute atomic E-state index is 12.2. The third kappa shape index (κ3) is 4.78. The Bertz CT molecular complexity index is 958. The second-order valence-electron chi connectivity index (χ2n) is 5.71. The quantitative estimate of drug-likeness (QED) is 0.477. The van der Waals surface area contributed by atoms with Gasteiger partial charge < -0.3 is 11.1 Å². The SMILES string of the molecule is Cc1ccc(C(=O)NNc2ncnc(Nc3cc(Cl)cc(Cl)c3)c2N)cc1. The molecule has 0 saturated heterocycles. The average molecular weight is 403 g/mol. The molecule has 0 aliphatic carbocycles. The van der Waals surface area contributed by atoms with Gasteiger partial charge in [-0.15, -0.1) is 0 Å². The maximum Gasteiger partial charge on any atom is 0.269 e. The van der Waals surface area contributed by atoms with Gasteiger partial charge in [-0.2, -0.15) is 0 Å². The maximum atomic E-state index is 12.2. The number of hydrogen-bond donors (Lipinski definition) is 4. The number of nitrogens with two attached hydrogens (primary N) is 1. The van der Waals surface area contributed by atoms with Gasteiger partial charge in [-0.1, -0.05) is 40.9 Å². The summed E-state index contributed by atoms with van der Waals surface area (Å²) in [5.74, 6) is 0.278. The predicted molar refractivity (Wildman–Crippen MR) is 108 cm³/mol. The van der Waals surface area contributed by atoms with Crippen molar-refractivity contribution in [3.63, 3.8) is 0 Å². The smallest absolute Gasteiger partial charge is 0.269 e. The molecule has 0 bridgehead atoms. The summed E-state index contributed by atoms with van der Waals surface area (Å²) in [5.41, 5.74) is 13.8. The zero-order valence-electron chi connectivity index (χ0n) is 14.3. The molecule has 7 nitrogen and oxygen atoms in total. The van der Waals surface area contributed by atoms with Crippen LogP contribution in [0.1, 0.15) is 15.9 Å². The minimum Gasteiger partial charge on any atom is -0.393 e. The Kier molecular flexibility index (Phi) is 5.63. The number of rotatable bonds is 5. The molecule has 3 aromatic rings. The number of halogens is 2. The largest absolute Gasteiger partial charge is 0.393 e. The fourth-order valence-corrected chi connectivity index (χ4v) is 2.78. The van der Waals surface area contributed by atoms with E-state index in [1.165, 1.54) is 6.33 Å². The summed E-state index contributed by atoms with van der Waals surface area (Å²) < 4.78 is 0. The van der Waals surface area contributed by atoms with E-state index in [1.54, 1.807) is 30.3 Å². The topological polar surface area (TPSA) is 105 Å². The number of aromatic nitrogens is 2. The molecule has 9 heteroatoms. The normalized spacial score (nSPS) is 10.3. The number of nitrogens with zero attached hydrogens (tertiary/aromatic N) is 2. The van der Waals surface area contributed by atoms with E-state index < -0.39 is 0 Å². The molecule has 0 radical (unpaired) electrons. The summed E-state index contributed by atoms with van der Waals surface area (Å²) in [5, 5.41) is 3.97. The van der Waals surface area contributed by atoms with Crippen molar-refractivity contribution in [2.75, 3.05) is 16.5 Å². The Morgan fingerprint density at radius 2 is 1.63 bits per heavy atom. The van der Waals surface area contributed by atoms with Crippen molar-refractivity contribution < 1.29 is 4.79 Å². The first-order chi connectivity index (χ1) is 12.9. The first-order valence-corrected chi connectivity index (χ1v) is 8.64. The van der Waals surface area contributed by atoms with Crippen LogP contribution in [-0.2, 0) is 0 Å². The lowest BCUT2D eigenvalue weighted by molar-refractivity contribution is 0.0962. The molecule has 2 aromatic carbocycles. The van der Waals surface area contributed by atoms with Crippen molar-refractivity contribution in [3.8, 4) is 0 Å². The summed E-state index contributed by atoms with van der Waals surface area (Å²) in [4.78, 5) is 20.3. The van der Waals surface area contributed by atoms with E-state index in [1.807, 2.05) is 19.1 Å². The van der Waals surface area contributed by atoms with E-state index in [-0.39, 0.29) is 17.4 Å². The number of nitrogens with one attached hydrogen (secondary N) is 3. The molecule has 0 aliphatic rings. The Morgan fingerprint density at radius 3 is 2.30 bits per heavy atom. The lowest BCUT2D eigenvalue weighted by Gasteiger charge is -2.13. The molecule has 0 aliphatic heterocycles. The van der Waals surface area contributed by atoms with Crippen LogP contribution in [0.4, 0.5) is 23.0 Å². The minimum atomic E-state index is -0.316.